The first-order valence-electron chi connectivity index (χ1n) is 37.4. The molecule has 5 saturated heterocycles. The molecular formula is C71H90N24O34. The Labute approximate surface area is 725 Å². The van der Waals surface area contributed by atoms with Crippen LogP contribution in [0.25, 0.3) is 0 Å². The Morgan fingerprint density at radius 1 is 0.419 bits per heavy atom. The van der Waals surface area contributed by atoms with Crippen molar-refractivity contribution in [3.63, 3.8) is 0 Å². The van der Waals surface area contributed by atoms with Crippen LogP contribution in [0.3, 0.4) is 0 Å². The van der Waals surface area contributed by atoms with Crippen molar-refractivity contribution in [2.24, 2.45) is 0 Å². The number of esters is 2. The molecule has 0 spiro atoms. The summed E-state index contributed by atoms with van der Waals surface area (Å²) in [6.45, 7) is 20.4. The highest BCUT2D eigenvalue weighted by Crippen LogP contribution is 2.31. The third kappa shape index (κ3) is 36.8. The molecule has 4 aromatic heterocycles. The number of nitrogens with zero attached hydrogens (tertiary/aromatic N) is 15. The lowest BCUT2D eigenvalue weighted by molar-refractivity contribution is -0.422. The number of aromatic amines is 4. The molecule has 0 saturated carbocycles. The topological polar surface area (TPSA) is 826 Å². The maximum Gasteiger partial charge on any atom is 0.412 e. The molecule has 13 rings (SSSR count). The van der Waals surface area contributed by atoms with Gasteiger partial charge in [-0.25, -0.2) is 28.8 Å². The second-order valence-electron chi connectivity index (χ2n) is 26.8. The summed E-state index contributed by atoms with van der Waals surface area (Å²) in [5, 5.41) is 138. The molecule has 0 atom stereocenters. The van der Waals surface area contributed by atoms with Crippen molar-refractivity contribution in [3.8, 4) is 0 Å². The van der Waals surface area contributed by atoms with Gasteiger partial charge in [-0.2, -0.15) is 20.4 Å². The molecule has 0 unspecified atom stereocenters. The molecule has 4 aromatic carbocycles. The monoisotopic (exact) mass is 1820 g/mol. The first-order chi connectivity index (χ1) is 61.1. The molecule has 5 fully saturated rings. The van der Waals surface area contributed by atoms with E-state index in [4.69, 9.17) is 60.9 Å². The lowest BCUT2D eigenvalue weighted by atomic mass is 10.1. The first-order valence-corrected chi connectivity index (χ1v) is 37.4. The highest BCUT2D eigenvalue weighted by molar-refractivity contribution is 5.97. The van der Waals surface area contributed by atoms with Gasteiger partial charge >= 0.3 is 81.4 Å². The number of rotatable bonds is 19. The minimum Gasteiger partial charge on any atom is -0.478 e. The minimum absolute atomic E-state index is 0.0594. The number of H-pyrrole nitrogens is 4. The van der Waals surface area contributed by atoms with Crippen molar-refractivity contribution in [1.82, 2.24) is 60.8 Å². The number of aromatic carboxylic acids is 3. The van der Waals surface area contributed by atoms with E-state index in [0.29, 0.717) is 74.8 Å². The molecule has 15 N–H and O–H groups in total. The van der Waals surface area contributed by atoms with Crippen molar-refractivity contribution in [2.45, 2.75) is 52.3 Å². The van der Waals surface area contributed by atoms with Gasteiger partial charge < -0.3 is 80.6 Å². The van der Waals surface area contributed by atoms with Gasteiger partial charge in [-0.1, -0.05) is 12.1 Å². The molecule has 8 aromatic rings. The molecule has 58 heteroatoms. The Kier molecular flexibility index (Phi) is 44.1. The van der Waals surface area contributed by atoms with Gasteiger partial charge in [0.15, 0.2) is 11.4 Å². The molecule has 9 heterocycles. The quantitative estimate of drug-likeness (QED) is 0.0146. The fourth-order valence-electron chi connectivity index (χ4n) is 10.4. The van der Waals surface area contributed by atoms with Crippen LogP contribution in [-0.2, 0) is 51.0 Å². The molecule has 0 aliphatic carbocycles. The summed E-state index contributed by atoms with van der Waals surface area (Å²) in [5.74, 6) is -5.69. The van der Waals surface area contributed by atoms with E-state index in [1.807, 2.05) is 23.3 Å². The van der Waals surface area contributed by atoms with Crippen LogP contribution in [-0.4, -0.2) is 290 Å². The van der Waals surface area contributed by atoms with Crippen LogP contribution in [0.2, 0.25) is 0 Å². The second kappa shape index (κ2) is 54.0. The number of carboxylic acids is 3. The van der Waals surface area contributed by atoms with Crippen molar-refractivity contribution < 1.29 is 126 Å². The molecular weight excluding hydrogens is 1730 g/mol. The number of hydrogen-bond donors (Lipinski definition) is 12. The molecule has 129 heavy (non-hydrogen) atoms. The van der Waals surface area contributed by atoms with Crippen LogP contribution < -0.4 is 27.8 Å². The predicted molar refractivity (Wildman–Crippen MR) is 443 cm³/mol. The van der Waals surface area contributed by atoms with E-state index >= 15 is 0 Å². The Morgan fingerprint density at radius 2 is 0.791 bits per heavy atom. The number of aromatic nitrogens is 8. The average Bonchev–Trinajstić information content (AvgIpc) is 1.82. The number of hydrogen-bond acceptors (Lipinski definition) is 41. The summed E-state index contributed by atoms with van der Waals surface area (Å²) >= 11 is 0. The highest BCUT2D eigenvalue weighted by atomic mass is 16.7. The normalized spacial score (nSPS) is 13.7. The number of anilines is 4. The van der Waals surface area contributed by atoms with Crippen molar-refractivity contribution in [1.29, 1.82) is 0 Å². The van der Waals surface area contributed by atoms with E-state index < -0.39 is 132 Å². The van der Waals surface area contributed by atoms with Crippen LogP contribution >= 0.6 is 0 Å². The zero-order valence-electron chi connectivity index (χ0n) is 69.2. The SMILES string of the molecule is C1CCOC1.C1COCCN1.CC(C)(C)OC(=O)Nc1cn[nH]c1C(=O)O.COC(=O)c1[nH]ncc1N.COC(=O)c1[nH]ncc1[N+](=O)[O-].Nc1ccc(CN2CCOCC2)cc1N.O=C(O)c1[nH]ncc1[N+](=O)[O-].O=C(O)c1ccc([N+](=O)[O-])c([N+](=O)[O-])c1.O=C(c1ccc([N+](=O)[O-])c([N+](=O)[O-])c1)N1CCOCC1.O=[N+]([O-])c1ccc(CN2CCOCC2)cc1[N+](=O)[O-]. The van der Waals surface area contributed by atoms with Gasteiger partial charge in [0, 0.05) is 121 Å². The number of nitrogens with two attached hydrogens (primary N) is 3. The summed E-state index contributed by atoms with van der Waals surface area (Å²) in [6.07, 6.45) is 6.19. The Morgan fingerprint density at radius 3 is 1.18 bits per heavy atom. The number of methoxy groups -OCH3 is 2. The zero-order chi connectivity index (χ0) is 96.0. The first kappa shape index (κ1) is 105. The average molecular weight is 1820 g/mol. The lowest BCUT2D eigenvalue weighted by Crippen LogP contribution is -2.40. The number of amides is 2. The van der Waals surface area contributed by atoms with E-state index in [1.165, 1.54) is 61.0 Å². The number of carbonyl (C=O) groups is 7. The molecule has 5 aliphatic heterocycles. The number of nitro benzene ring substituents is 6. The van der Waals surface area contributed by atoms with Gasteiger partial charge in [-0.3, -0.25) is 121 Å². The van der Waals surface area contributed by atoms with Crippen molar-refractivity contribution in [2.75, 3.05) is 155 Å². The third-order valence-corrected chi connectivity index (χ3v) is 16.6. The maximum atomic E-state index is 12.1. The maximum absolute atomic E-state index is 12.1. The summed E-state index contributed by atoms with van der Waals surface area (Å²) in [5.41, 5.74) is 13.9. The predicted octanol–water partition coefficient (Wildman–Crippen LogP) is 5.95. The van der Waals surface area contributed by atoms with Gasteiger partial charge in [-0.05, 0) is 69.0 Å². The summed E-state index contributed by atoms with van der Waals surface area (Å²) in [6, 6.07) is 15.4. The molecule has 0 radical (unpaired) electrons. The Balaban J connectivity index is 0.000000305. The zero-order valence-corrected chi connectivity index (χ0v) is 69.2. The smallest absolute Gasteiger partial charge is 0.412 e. The van der Waals surface area contributed by atoms with Gasteiger partial charge in [0.2, 0.25) is 11.4 Å². The molecule has 5 aliphatic rings. The van der Waals surface area contributed by atoms with E-state index in [9.17, 15) is 114 Å². The van der Waals surface area contributed by atoms with Crippen LogP contribution in [0.5, 0.6) is 0 Å². The molecule has 0 bridgehead atoms. The van der Waals surface area contributed by atoms with Crippen molar-refractivity contribution >= 4 is 110 Å². The van der Waals surface area contributed by atoms with E-state index in [1.54, 1.807) is 26.8 Å². The number of carbonyl (C=O) groups excluding carboxylic acids is 4. The molecule has 58 nitrogen and oxygen atoms in total. The van der Waals surface area contributed by atoms with Crippen molar-refractivity contribution in [3.05, 3.63) is 224 Å². The summed E-state index contributed by atoms with van der Waals surface area (Å²) in [7, 11) is 2.41. The Hall–Kier alpha value is -15.9. The molecule has 2 amide bonds. The van der Waals surface area contributed by atoms with Gasteiger partial charge in [0.1, 0.15) is 18.0 Å². The number of nitrogens with one attached hydrogen (secondary N) is 6. The lowest BCUT2D eigenvalue weighted by Gasteiger charge is -2.26. The third-order valence-electron chi connectivity index (χ3n) is 16.6. The van der Waals surface area contributed by atoms with Gasteiger partial charge in [0.25, 0.3) is 5.91 Å². The largest absolute Gasteiger partial charge is 0.478 e. The van der Waals surface area contributed by atoms with Crippen LogP contribution in [0.15, 0.2) is 97.6 Å². The van der Waals surface area contributed by atoms with Gasteiger partial charge in [-0.15, -0.1) is 0 Å². The fraction of sp³-hybridized carbons (Fsp3) is 0.394. The summed E-state index contributed by atoms with van der Waals surface area (Å²) in [4.78, 5) is 160. The van der Waals surface area contributed by atoms with E-state index in [2.05, 4.69) is 65.6 Å². The van der Waals surface area contributed by atoms with E-state index in [-0.39, 0.29) is 39.6 Å². The standard InChI is InChI=1S/C11H11N3O6.C11H13N3O5.C11H17N3O.C9H13N3O4.C7H4N2O6.C5H5N3O4.C5H7N3O2.C4H3N3O4.C4H9NO.C4H8O/c15-11(12-3-5-20-6-4-12)8-1-2-9(13(16)17)10(7-8)14(18)19;15-13(16)10-2-1-9(7-11(10)14(17)18)8-12-3-5-19-6-4-12;12-10-2-1-9(7-11(10)13)8-14-3-5-15-6-4-14;1-9(2,3)16-8(15)11-5-4-10-12-6(5)7(13)14;10-7(11)4-1-2-5(8(12)13)6(3-4)9(14)15;1-12-5(9)4-3(8(10)11)2-6-7-4;1-10-5(9)4-3(6)2-7-8-4;8-4(9)3-2(7(10)11)1-5-6-3;1-3-6-4-2-5-1;1-2-4-5-3-1/h1-2,7H,3-6H2;1-2,7H,3-6,8H2;1-2,7H,3-6,8,12-13H2;4H,1-3H3,(H,10,12)(H,11,15)(H,13,14);1-3H,(H,10,11);2H,1H3,(H,6,7);2H,6H2,1H3,(H,7,8);1H,(H,5,6)(H,8,9);5H,1-4H2;1-4H2. The number of carboxylic acid groups (broad SMARTS) is 3. The van der Waals surface area contributed by atoms with Crippen LogP contribution in [0.4, 0.5) is 73.0 Å². The summed E-state index contributed by atoms with van der Waals surface area (Å²) < 4.78 is 39.2. The minimum atomic E-state index is -1.39. The number of morpholine rings is 4. The number of benzene rings is 4. The Bertz CT molecular complexity index is 5090. The number of nitro groups is 8. The number of nitrogen functional groups attached to an aromatic ring is 3. The van der Waals surface area contributed by atoms with Gasteiger partial charge in [0.05, 0.1) is 147 Å². The highest BCUT2D eigenvalue weighted by Gasteiger charge is 2.31. The fourth-order valence-corrected chi connectivity index (χ4v) is 10.4. The van der Waals surface area contributed by atoms with Crippen LogP contribution in [0, 0.1) is 80.9 Å². The van der Waals surface area contributed by atoms with Crippen LogP contribution in [0.1, 0.15) is 107 Å². The van der Waals surface area contributed by atoms with E-state index in [0.717, 1.165) is 129 Å². The number of ether oxygens (including phenoxy) is 8. The second-order valence-corrected chi connectivity index (χ2v) is 26.8. The molecule has 698 valence electrons.